The summed E-state index contributed by atoms with van der Waals surface area (Å²) in [6, 6.07) is 14.0. The van der Waals surface area contributed by atoms with Gasteiger partial charge in [0.05, 0.1) is 30.3 Å². The molecule has 1 amide bonds. The number of aromatic nitrogens is 2. The van der Waals surface area contributed by atoms with Crippen LogP contribution >= 0.6 is 11.3 Å². The minimum absolute atomic E-state index is 0.0878. The summed E-state index contributed by atoms with van der Waals surface area (Å²) in [5.74, 6) is 0.113. The lowest BCUT2D eigenvalue weighted by atomic mass is 10.1. The number of nitrogens with zero attached hydrogens (tertiary/aromatic N) is 2. The highest BCUT2D eigenvalue weighted by Gasteiger charge is 2.21. The van der Waals surface area contributed by atoms with E-state index in [-0.39, 0.29) is 29.6 Å². The zero-order valence-corrected chi connectivity index (χ0v) is 19.5. The molecular weight excluding hydrogens is 458 g/mol. The van der Waals surface area contributed by atoms with Crippen molar-refractivity contribution in [2.24, 2.45) is 0 Å². The highest BCUT2D eigenvalue weighted by atomic mass is 32.1. The monoisotopic (exact) mass is 479 g/mol. The van der Waals surface area contributed by atoms with Crippen molar-refractivity contribution in [1.29, 1.82) is 0 Å². The van der Waals surface area contributed by atoms with Crippen molar-refractivity contribution in [2.45, 2.75) is 13.5 Å². The fraction of sp³-hybridized carbons (Fsp3) is 0.167. The minimum Gasteiger partial charge on any atom is -0.493 e. The number of benzene rings is 2. The Bertz CT molecular complexity index is 1300. The highest BCUT2D eigenvalue weighted by Crippen LogP contribution is 2.34. The number of nitrogens with one attached hydrogen (secondary N) is 1. The van der Waals surface area contributed by atoms with Crippen LogP contribution in [0.15, 0.2) is 58.4 Å². The van der Waals surface area contributed by atoms with Gasteiger partial charge < -0.3 is 24.1 Å². The van der Waals surface area contributed by atoms with Gasteiger partial charge in [0.15, 0.2) is 18.1 Å². The Hall–Kier alpha value is -4.18. The van der Waals surface area contributed by atoms with E-state index in [0.29, 0.717) is 22.3 Å². The number of hydrogen-bond acceptors (Lipinski definition) is 9. The molecule has 0 bridgehead atoms. The molecular formula is C24H21N3O6S. The third-order valence-corrected chi connectivity index (χ3v) is 5.70. The molecule has 0 atom stereocenters. The van der Waals surface area contributed by atoms with Gasteiger partial charge in [0.2, 0.25) is 5.82 Å². The maximum absolute atomic E-state index is 12.9. The van der Waals surface area contributed by atoms with Crippen molar-refractivity contribution in [1.82, 2.24) is 10.1 Å². The van der Waals surface area contributed by atoms with E-state index in [4.69, 9.17) is 18.7 Å². The Morgan fingerprint density at radius 1 is 1.06 bits per heavy atom. The van der Waals surface area contributed by atoms with Crippen molar-refractivity contribution in [3.8, 4) is 23.0 Å². The van der Waals surface area contributed by atoms with Gasteiger partial charge in [-0.15, -0.1) is 11.3 Å². The SMILES string of the molecule is COc1cc(NC(=O)c2cccs2)c(C(=O)OCc2noc(-c3ccc(C)cc3)n2)cc1OC. The molecule has 0 fully saturated rings. The van der Waals surface area contributed by atoms with Gasteiger partial charge in [-0.2, -0.15) is 4.98 Å². The summed E-state index contributed by atoms with van der Waals surface area (Å²) in [6.45, 7) is 1.76. The second kappa shape index (κ2) is 10.2. The standard InChI is InChI=1S/C24H21N3O6S/c1-14-6-8-15(9-7-14)23-26-21(27-33-23)13-32-24(29)16-11-18(30-2)19(31-3)12-17(16)25-22(28)20-5-4-10-34-20/h4-12H,13H2,1-3H3,(H,25,28). The van der Waals surface area contributed by atoms with E-state index in [1.54, 1.807) is 17.5 Å². The summed E-state index contributed by atoms with van der Waals surface area (Å²) in [7, 11) is 2.91. The molecule has 4 rings (SSSR count). The first-order valence-corrected chi connectivity index (χ1v) is 11.0. The molecule has 0 spiro atoms. The van der Waals surface area contributed by atoms with Crippen LogP contribution in [0.4, 0.5) is 5.69 Å². The summed E-state index contributed by atoms with van der Waals surface area (Å²) in [4.78, 5) is 30.3. The van der Waals surface area contributed by atoms with Crippen LogP contribution in [0.1, 0.15) is 31.4 Å². The van der Waals surface area contributed by atoms with Crippen LogP contribution in [-0.2, 0) is 11.3 Å². The number of methoxy groups -OCH3 is 2. The van der Waals surface area contributed by atoms with E-state index >= 15 is 0 Å². The summed E-state index contributed by atoms with van der Waals surface area (Å²) in [5.41, 5.74) is 2.17. The summed E-state index contributed by atoms with van der Waals surface area (Å²) >= 11 is 1.28. The molecule has 4 aromatic rings. The third-order valence-electron chi connectivity index (χ3n) is 4.84. The third kappa shape index (κ3) is 5.07. The molecule has 1 N–H and O–H groups in total. The predicted octanol–water partition coefficient (Wildman–Crippen LogP) is 4.73. The number of carbonyl (C=O) groups is 2. The molecule has 34 heavy (non-hydrogen) atoms. The average Bonchev–Trinajstić information content (AvgIpc) is 3.55. The summed E-state index contributed by atoms with van der Waals surface area (Å²) < 4.78 is 21.3. The number of hydrogen-bond donors (Lipinski definition) is 1. The number of ether oxygens (including phenoxy) is 3. The van der Waals surface area contributed by atoms with E-state index in [9.17, 15) is 9.59 Å². The Balaban J connectivity index is 1.53. The maximum atomic E-state index is 12.9. The van der Waals surface area contributed by atoms with Gasteiger partial charge in [-0.3, -0.25) is 4.79 Å². The molecule has 0 aliphatic heterocycles. The molecule has 2 heterocycles. The van der Waals surface area contributed by atoms with Gasteiger partial charge in [-0.1, -0.05) is 28.9 Å². The number of rotatable bonds is 8. The Labute approximate surface area is 199 Å². The van der Waals surface area contributed by atoms with Gasteiger partial charge in [-0.25, -0.2) is 4.79 Å². The van der Waals surface area contributed by atoms with Gasteiger partial charge in [0, 0.05) is 17.7 Å². The van der Waals surface area contributed by atoms with Crippen molar-refractivity contribution >= 4 is 28.9 Å². The lowest BCUT2D eigenvalue weighted by Crippen LogP contribution is -2.15. The first-order chi connectivity index (χ1) is 16.5. The van der Waals surface area contributed by atoms with E-state index in [0.717, 1.165) is 11.1 Å². The van der Waals surface area contributed by atoms with Crippen LogP contribution in [0, 0.1) is 6.92 Å². The van der Waals surface area contributed by atoms with E-state index < -0.39 is 5.97 Å². The van der Waals surface area contributed by atoms with Crippen molar-refractivity contribution in [3.05, 3.63) is 75.7 Å². The normalized spacial score (nSPS) is 10.6. The van der Waals surface area contributed by atoms with Crippen LogP contribution in [0.5, 0.6) is 11.5 Å². The fourth-order valence-electron chi connectivity index (χ4n) is 3.08. The van der Waals surface area contributed by atoms with Crippen LogP contribution < -0.4 is 14.8 Å². The number of aryl methyl sites for hydroxylation is 1. The number of amides is 1. The topological polar surface area (TPSA) is 113 Å². The molecule has 10 heteroatoms. The summed E-state index contributed by atoms with van der Waals surface area (Å²) in [5, 5.41) is 8.39. The quantitative estimate of drug-likeness (QED) is 0.361. The number of esters is 1. The molecule has 0 saturated carbocycles. The number of anilines is 1. The number of carbonyl (C=O) groups excluding carboxylic acids is 2. The molecule has 0 aliphatic carbocycles. The van der Waals surface area contributed by atoms with Gasteiger partial charge >= 0.3 is 5.97 Å². The van der Waals surface area contributed by atoms with Crippen LogP contribution in [0.25, 0.3) is 11.5 Å². The predicted molar refractivity (Wildman–Crippen MR) is 125 cm³/mol. The maximum Gasteiger partial charge on any atom is 0.340 e. The Morgan fingerprint density at radius 3 is 2.47 bits per heavy atom. The molecule has 174 valence electrons. The smallest absolute Gasteiger partial charge is 0.340 e. The van der Waals surface area contributed by atoms with Crippen LogP contribution in [0.2, 0.25) is 0 Å². The highest BCUT2D eigenvalue weighted by molar-refractivity contribution is 7.12. The first kappa shape index (κ1) is 23.0. The van der Waals surface area contributed by atoms with Gasteiger partial charge in [-0.05, 0) is 30.5 Å². The average molecular weight is 480 g/mol. The molecule has 0 aliphatic rings. The van der Waals surface area contributed by atoms with E-state index in [1.165, 1.54) is 37.7 Å². The minimum atomic E-state index is -0.705. The molecule has 0 unspecified atom stereocenters. The summed E-state index contributed by atoms with van der Waals surface area (Å²) in [6.07, 6.45) is 0. The largest absolute Gasteiger partial charge is 0.493 e. The fourth-order valence-corrected chi connectivity index (χ4v) is 3.70. The van der Waals surface area contributed by atoms with Crippen LogP contribution in [-0.4, -0.2) is 36.2 Å². The van der Waals surface area contributed by atoms with Crippen LogP contribution in [0.3, 0.4) is 0 Å². The zero-order chi connectivity index (χ0) is 24.1. The molecule has 9 nitrogen and oxygen atoms in total. The lowest BCUT2D eigenvalue weighted by molar-refractivity contribution is 0.0460. The van der Waals surface area contributed by atoms with Crippen molar-refractivity contribution < 1.29 is 28.3 Å². The molecule has 2 aromatic heterocycles. The van der Waals surface area contributed by atoms with Crippen molar-refractivity contribution in [3.63, 3.8) is 0 Å². The number of thiophene rings is 1. The van der Waals surface area contributed by atoms with E-state index in [1.807, 2.05) is 31.2 Å². The molecule has 0 saturated heterocycles. The lowest BCUT2D eigenvalue weighted by Gasteiger charge is -2.14. The Morgan fingerprint density at radius 2 is 1.79 bits per heavy atom. The first-order valence-electron chi connectivity index (χ1n) is 10.2. The second-order valence-corrected chi connectivity index (χ2v) is 8.09. The second-order valence-electron chi connectivity index (χ2n) is 7.14. The van der Waals surface area contributed by atoms with Crippen molar-refractivity contribution in [2.75, 3.05) is 19.5 Å². The van der Waals surface area contributed by atoms with E-state index in [2.05, 4.69) is 15.5 Å². The Kier molecular flexibility index (Phi) is 6.88. The molecule has 0 radical (unpaired) electrons. The zero-order valence-electron chi connectivity index (χ0n) is 18.7. The van der Waals surface area contributed by atoms with Gasteiger partial charge in [0.25, 0.3) is 11.8 Å². The van der Waals surface area contributed by atoms with Gasteiger partial charge in [0.1, 0.15) is 0 Å². The molecule has 2 aromatic carbocycles.